The van der Waals surface area contributed by atoms with E-state index in [1.54, 1.807) is 0 Å². The monoisotopic (exact) mass is 353 g/mol. The van der Waals surface area contributed by atoms with Gasteiger partial charge in [-0.2, -0.15) is 15.0 Å². The number of nitrogens with zero attached hydrogens (tertiary/aromatic N) is 3. The Morgan fingerprint density at radius 1 is 1.20 bits per heavy atom. The molecule has 1 atom stereocenters. The molecule has 0 amide bonds. The predicted molar refractivity (Wildman–Crippen MR) is 89.7 cm³/mol. The molecule has 0 aliphatic heterocycles. The summed E-state index contributed by atoms with van der Waals surface area (Å²) < 4.78 is 0. The van der Waals surface area contributed by atoms with Gasteiger partial charge in [0, 0.05) is 25.8 Å². The van der Waals surface area contributed by atoms with Gasteiger partial charge in [-0.1, -0.05) is 0 Å². The molecule has 0 saturated heterocycles. The van der Waals surface area contributed by atoms with Crippen LogP contribution in [0.15, 0.2) is 15.8 Å². The molecular weight excluding hydrogens is 334 g/mol. The third kappa shape index (κ3) is 5.83. The molecular formula is C12H19N9O4. The van der Waals surface area contributed by atoms with E-state index in [1.807, 2.05) is 0 Å². The summed E-state index contributed by atoms with van der Waals surface area (Å²) in [5.74, 6) is 0.140. The normalized spacial score (nSPS) is 11.9. The summed E-state index contributed by atoms with van der Waals surface area (Å²) in [6.45, 7) is 0.827. The van der Waals surface area contributed by atoms with Gasteiger partial charge in [0.2, 0.25) is 17.8 Å². The predicted octanol–water partition coefficient (Wildman–Crippen LogP) is -3.07. The minimum absolute atomic E-state index is 0.0243. The molecule has 0 aromatic carbocycles. The minimum Gasteiger partial charge on any atom is -0.394 e. The summed E-state index contributed by atoms with van der Waals surface area (Å²) in [5, 5.41) is 26.3. The largest absolute Gasteiger partial charge is 0.394 e. The fourth-order valence-corrected chi connectivity index (χ4v) is 1.75. The number of hydrogen-bond acceptors (Lipinski definition) is 11. The van der Waals surface area contributed by atoms with Crippen LogP contribution in [-0.2, 0) is 0 Å². The molecule has 2 aromatic heterocycles. The first-order valence-corrected chi connectivity index (χ1v) is 7.32. The van der Waals surface area contributed by atoms with Crippen LogP contribution in [-0.4, -0.2) is 67.5 Å². The number of aromatic amines is 2. The van der Waals surface area contributed by atoms with Crippen molar-refractivity contribution in [3.63, 3.8) is 0 Å². The average molecular weight is 353 g/mol. The maximum atomic E-state index is 11.6. The summed E-state index contributed by atoms with van der Waals surface area (Å²) in [7, 11) is 0. The second kappa shape index (κ2) is 8.72. The van der Waals surface area contributed by atoms with Crippen molar-refractivity contribution in [3.05, 3.63) is 27.0 Å². The van der Waals surface area contributed by atoms with E-state index in [0.717, 1.165) is 0 Å². The van der Waals surface area contributed by atoms with E-state index in [9.17, 15) is 14.7 Å². The number of nitrogen functional groups attached to an aromatic ring is 1. The quantitative estimate of drug-likeness (QED) is 0.212. The van der Waals surface area contributed by atoms with Gasteiger partial charge in [-0.05, 0) is 0 Å². The van der Waals surface area contributed by atoms with Crippen LogP contribution in [0, 0.1) is 0 Å². The molecule has 13 nitrogen and oxygen atoms in total. The zero-order chi connectivity index (χ0) is 18.2. The Labute approximate surface area is 140 Å². The lowest BCUT2D eigenvalue weighted by atomic mass is 10.4. The molecule has 25 heavy (non-hydrogen) atoms. The van der Waals surface area contributed by atoms with Crippen LogP contribution < -0.4 is 32.9 Å². The molecule has 9 N–H and O–H groups in total. The van der Waals surface area contributed by atoms with Gasteiger partial charge >= 0.3 is 5.69 Å². The smallest absolute Gasteiger partial charge is 0.325 e. The molecule has 0 radical (unpaired) electrons. The second-order valence-electron chi connectivity index (χ2n) is 4.92. The highest BCUT2D eigenvalue weighted by molar-refractivity contribution is 5.52. The summed E-state index contributed by atoms with van der Waals surface area (Å²) >= 11 is 0. The van der Waals surface area contributed by atoms with Gasteiger partial charge in [0.05, 0.1) is 12.7 Å². The van der Waals surface area contributed by atoms with Crippen LogP contribution in [0.4, 0.5) is 23.5 Å². The Morgan fingerprint density at radius 2 is 1.96 bits per heavy atom. The molecule has 0 aliphatic carbocycles. The standard InChI is InChI=1S/C12H19N9O4/c13-9-19-10(15-2-1-14-3-6(23)5-22)21-11(20-9)17-7-4-16-12(25)18-8(7)24/h4,6,14,22-23H,1-3,5H2,(H2,16,18,24,25)(H4,13,15,17,19,20,21)/t6-/m1/s1. The molecule has 0 saturated carbocycles. The molecule has 0 unspecified atom stereocenters. The van der Waals surface area contributed by atoms with Gasteiger partial charge in [-0.15, -0.1) is 0 Å². The van der Waals surface area contributed by atoms with Crippen molar-refractivity contribution in [2.45, 2.75) is 6.10 Å². The van der Waals surface area contributed by atoms with E-state index in [4.69, 9.17) is 10.8 Å². The molecule has 136 valence electrons. The molecule has 13 heteroatoms. The minimum atomic E-state index is -0.820. The number of H-pyrrole nitrogens is 2. The van der Waals surface area contributed by atoms with Crippen LogP contribution in [0.25, 0.3) is 0 Å². The third-order valence-corrected chi connectivity index (χ3v) is 2.89. The number of aliphatic hydroxyl groups excluding tert-OH is 2. The first kappa shape index (κ1) is 18.3. The number of hydrogen-bond donors (Lipinski definition) is 8. The van der Waals surface area contributed by atoms with E-state index in [0.29, 0.717) is 13.1 Å². The van der Waals surface area contributed by atoms with E-state index >= 15 is 0 Å². The van der Waals surface area contributed by atoms with Crippen LogP contribution in [0.3, 0.4) is 0 Å². The Balaban J connectivity index is 1.95. The van der Waals surface area contributed by atoms with Gasteiger partial charge < -0.3 is 36.9 Å². The first-order chi connectivity index (χ1) is 12.0. The summed E-state index contributed by atoms with van der Waals surface area (Å²) in [6, 6.07) is 0. The summed E-state index contributed by atoms with van der Waals surface area (Å²) in [4.78, 5) is 38.8. The highest BCUT2D eigenvalue weighted by Gasteiger charge is 2.07. The van der Waals surface area contributed by atoms with E-state index in [1.165, 1.54) is 6.20 Å². The van der Waals surface area contributed by atoms with Crippen molar-refractivity contribution in [1.82, 2.24) is 30.2 Å². The Kier molecular flexibility index (Phi) is 6.39. The number of rotatable bonds is 9. The van der Waals surface area contributed by atoms with Crippen LogP contribution in [0.1, 0.15) is 0 Å². The van der Waals surface area contributed by atoms with Gasteiger partial charge in [0.15, 0.2) is 0 Å². The van der Waals surface area contributed by atoms with Crippen molar-refractivity contribution >= 4 is 23.5 Å². The SMILES string of the molecule is Nc1nc(NCCNC[C@@H](O)CO)nc(Nc2c[nH]c(=O)[nH]c2=O)n1. The maximum Gasteiger partial charge on any atom is 0.325 e. The topological polar surface area (TPSA) is 207 Å². The summed E-state index contributed by atoms with van der Waals surface area (Å²) in [6.07, 6.45) is 0.365. The molecule has 0 fully saturated rings. The summed E-state index contributed by atoms with van der Waals surface area (Å²) in [5.41, 5.74) is 4.37. The van der Waals surface area contributed by atoms with Gasteiger partial charge in [-0.25, -0.2) is 4.79 Å². The zero-order valence-corrected chi connectivity index (χ0v) is 13.1. The Hall–Kier alpha value is -3.03. The van der Waals surface area contributed by atoms with Crippen molar-refractivity contribution in [2.75, 3.05) is 42.6 Å². The molecule has 0 bridgehead atoms. The maximum absolute atomic E-state index is 11.6. The fraction of sp³-hybridized carbons (Fsp3) is 0.417. The second-order valence-corrected chi connectivity index (χ2v) is 4.92. The van der Waals surface area contributed by atoms with E-state index in [2.05, 4.69) is 40.9 Å². The lowest BCUT2D eigenvalue weighted by Gasteiger charge is -2.10. The molecule has 0 aliphatic rings. The first-order valence-electron chi connectivity index (χ1n) is 7.32. The lowest BCUT2D eigenvalue weighted by molar-refractivity contribution is 0.0949. The Morgan fingerprint density at radius 3 is 2.68 bits per heavy atom. The van der Waals surface area contributed by atoms with Gasteiger partial charge in [-0.3, -0.25) is 9.78 Å². The van der Waals surface area contributed by atoms with Crippen molar-refractivity contribution in [1.29, 1.82) is 0 Å². The zero-order valence-electron chi connectivity index (χ0n) is 13.1. The highest BCUT2D eigenvalue weighted by Crippen LogP contribution is 2.10. The number of aromatic nitrogens is 5. The number of nitrogens with one attached hydrogen (secondary N) is 5. The fourth-order valence-electron chi connectivity index (χ4n) is 1.75. The third-order valence-electron chi connectivity index (χ3n) is 2.89. The van der Waals surface area contributed by atoms with E-state index < -0.39 is 17.4 Å². The number of aliphatic hydroxyl groups is 2. The van der Waals surface area contributed by atoms with Crippen LogP contribution in [0.2, 0.25) is 0 Å². The molecule has 0 spiro atoms. The van der Waals surface area contributed by atoms with Gasteiger partial charge in [0.1, 0.15) is 5.69 Å². The average Bonchev–Trinajstić information content (AvgIpc) is 2.56. The number of nitrogens with two attached hydrogens (primary N) is 1. The lowest BCUT2D eigenvalue weighted by Crippen LogP contribution is -2.32. The van der Waals surface area contributed by atoms with Gasteiger partial charge in [0.25, 0.3) is 5.56 Å². The molecule has 2 aromatic rings. The van der Waals surface area contributed by atoms with Crippen LogP contribution in [0.5, 0.6) is 0 Å². The molecule has 2 heterocycles. The van der Waals surface area contributed by atoms with Crippen molar-refractivity contribution < 1.29 is 10.2 Å². The highest BCUT2D eigenvalue weighted by atomic mass is 16.3. The number of anilines is 4. The van der Waals surface area contributed by atoms with Crippen LogP contribution >= 0.6 is 0 Å². The van der Waals surface area contributed by atoms with E-state index in [-0.39, 0.29) is 36.7 Å². The van der Waals surface area contributed by atoms with Crippen molar-refractivity contribution in [3.8, 4) is 0 Å². The Bertz CT molecular complexity index is 806. The molecule has 2 rings (SSSR count). The van der Waals surface area contributed by atoms with Crippen molar-refractivity contribution in [2.24, 2.45) is 0 Å².